The molecule has 0 bridgehead atoms. The minimum Gasteiger partial charge on any atom is -0.359 e. The van der Waals surface area contributed by atoms with Gasteiger partial charge in [-0.2, -0.15) is 0 Å². The Hall–Kier alpha value is -0.430. The topological polar surface area (TPSA) is 3.24 Å². The minimum absolute atomic E-state index is 0.901. The lowest BCUT2D eigenvalue weighted by molar-refractivity contribution is 0.381. The quantitative estimate of drug-likeness (QED) is 0.339. The highest BCUT2D eigenvalue weighted by Crippen LogP contribution is 2.16. The molecule has 1 heterocycles. The average molecular weight is 284 g/mol. The van der Waals surface area contributed by atoms with Crippen molar-refractivity contribution in [3.63, 3.8) is 0 Å². The molecule has 0 radical (unpaired) electrons. The van der Waals surface area contributed by atoms with Crippen molar-refractivity contribution in [3.8, 4) is 0 Å². The Labute approximate surface area is 124 Å². The SMILES string of the molecule is CCCCCCCCCCCCN1CC=CC=C1Cl. The first kappa shape index (κ1) is 16.6. The molecule has 0 amide bonds. The Morgan fingerprint density at radius 3 is 2.11 bits per heavy atom. The first-order valence-corrected chi connectivity index (χ1v) is 8.49. The van der Waals surface area contributed by atoms with Crippen molar-refractivity contribution in [2.24, 2.45) is 0 Å². The Kier molecular flexibility index (Phi) is 9.98. The maximum Gasteiger partial charge on any atom is 0.105 e. The molecule has 0 unspecified atom stereocenters. The number of allylic oxidation sites excluding steroid dienone is 2. The Bertz CT molecular complexity index is 270. The van der Waals surface area contributed by atoms with E-state index in [-0.39, 0.29) is 0 Å². The van der Waals surface area contributed by atoms with Crippen molar-refractivity contribution < 1.29 is 0 Å². The van der Waals surface area contributed by atoms with Crippen molar-refractivity contribution in [2.45, 2.75) is 71.1 Å². The van der Waals surface area contributed by atoms with E-state index < -0.39 is 0 Å². The molecule has 0 saturated heterocycles. The lowest BCUT2D eigenvalue weighted by Crippen LogP contribution is -2.23. The van der Waals surface area contributed by atoms with Crippen LogP contribution in [-0.2, 0) is 0 Å². The van der Waals surface area contributed by atoms with Crippen LogP contribution in [-0.4, -0.2) is 18.0 Å². The fourth-order valence-corrected chi connectivity index (χ4v) is 2.74. The van der Waals surface area contributed by atoms with E-state index in [4.69, 9.17) is 11.6 Å². The summed E-state index contributed by atoms with van der Waals surface area (Å²) in [6, 6.07) is 0. The van der Waals surface area contributed by atoms with Gasteiger partial charge in [0.15, 0.2) is 0 Å². The summed E-state index contributed by atoms with van der Waals surface area (Å²) < 4.78 is 0. The first-order valence-electron chi connectivity index (χ1n) is 8.12. The highest BCUT2D eigenvalue weighted by Gasteiger charge is 2.06. The molecule has 0 aliphatic carbocycles. The molecule has 1 nitrogen and oxygen atoms in total. The predicted octanol–water partition coefficient (Wildman–Crippen LogP) is 5.86. The van der Waals surface area contributed by atoms with Crippen LogP contribution in [0.5, 0.6) is 0 Å². The van der Waals surface area contributed by atoms with Gasteiger partial charge < -0.3 is 4.90 Å². The molecule has 19 heavy (non-hydrogen) atoms. The molecule has 110 valence electrons. The van der Waals surface area contributed by atoms with E-state index in [2.05, 4.69) is 17.9 Å². The number of hydrogen-bond donors (Lipinski definition) is 0. The molecule has 2 heteroatoms. The summed E-state index contributed by atoms with van der Waals surface area (Å²) in [6.45, 7) is 4.36. The minimum atomic E-state index is 0.901. The maximum atomic E-state index is 6.14. The molecule has 0 saturated carbocycles. The average Bonchev–Trinajstić information content (AvgIpc) is 2.43. The van der Waals surface area contributed by atoms with Crippen LogP contribution in [0.25, 0.3) is 0 Å². The maximum absolute atomic E-state index is 6.14. The normalized spacial score (nSPS) is 14.8. The van der Waals surface area contributed by atoms with Crippen LogP contribution >= 0.6 is 11.6 Å². The molecule has 1 aliphatic heterocycles. The van der Waals surface area contributed by atoms with E-state index in [0.29, 0.717) is 0 Å². The zero-order valence-corrected chi connectivity index (χ0v) is 13.3. The summed E-state index contributed by atoms with van der Waals surface area (Å²) in [5.74, 6) is 0. The Morgan fingerprint density at radius 1 is 0.947 bits per heavy atom. The van der Waals surface area contributed by atoms with Crippen molar-refractivity contribution in [3.05, 3.63) is 23.4 Å². The summed E-state index contributed by atoms with van der Waals surface area (Å²) in [4.78, 5) is 2.26. The summed E-state index contributed by atoms with van der Waals surface area (Å²) in [6.07, 6.45) is 20.1. The Balaban J connectivity index is 1.84. The van der Waals surface area contributed by atoms with Crippen LogP contribution in [0.4, 0.5) is 0 Å². The lowest BCUT2D eigenvalue weighted by atomic mass is 10.1. The van der Waals surface area contributed by atoms with Gasteiger partial charge in [-0.1, -0.05) is 88.5 Å². The van der Waals surface area contributed by atoms with Crippen molar-refractivity contribution in [1.82, 2.24) is 4.90 Å². The third-order valence-electron chi connectivity index (χ3n) is 3.78. The molecule has 0 aromatic rings. The molecule has 1 rings (SSSR count). The number of halogens is 1. The number of hydrogen-bond acceptors (Lipinski definition) is 1. The van der Waals surface area contributed by atoms with Crippen LogP contribution in [0.3, 0.4) is 0 Å². The van der Waals surface area contributed by atoms with E-state index in [0.717, 1.165) is 18.2 Å². The number of rotatable bonds is 11. The second-order valence-electron chi connectivity index (χ2n) is 5.55. The lowest BCUT2D eigenvalue weighted by Gasteiger charge is -2.24. The van der Waals surface area contributed by atoms with Gasteiger partial charge in [-0.05, 0) is 12.5 Å². The van der Waals surface area contributed by atoms with Gasteiger partial charge in [0.1, 0.15) is 5.16 Å². The van der Waals surface area contributed by atoms with E-state index >= 15 is 0 Å². The summed E-state index contributed by atoms with van der Waals surface area (Å²) in [5, 5.41) is 0.901. The molecule has 0 fully saturated rings. The largest absolute Gasteiger partial charge is 0.359 e. The zero-order chi connectivity index (χ0) is 13.8. The molecule has 0 N–H and O–H groups in total. The molecule has 1 aliphatic rings. The zero-order valence-electron chi connectivity index (χ0n) is 12.5. The van der Waals surface area contributed by atoms with Crippen LogP contribution in [0.1, 0.15) is 71.1 Å². The smallest absolute Gasteiger partial charge is 0.105 e. The molecular formula is C17H30ClN. The van der Waals surface area contributed by atoms with Gasteiger partial charge in [0.05, 0.1) is 0 Å². The summed E-state index contributed by atoms with van der Waals surface area (Å²) in [5.41, 5.74) is 0. The monoisotopic (exact) mass is 283 g/mol. The molecule has 0 aromatic carbocycles. The van der Waals surface area contributed by atoms with E-state index in [9.17, 15) is 0 Å². The van der Waals surface area contributed by atoms with Crippen molar-refractivity contribution >= 4 is 11.6 Å². The standard InChI is InChI=1S/C17H30ClN/c1-2-3-4-5-6-7-8-9-10-12-15-19-16-13-11-14-17(19)18/h11,13-14H,2-10,12,15-16H2,1H3. The summed E-state index contributed by atoms with van der Waals surface area (Å²) in [7, 11) is 0. The number of unbranched alkanes of at least 4 members (excludes halogenated alkanes) is 9. The molecule has 0 spiro atoms. The second-order valence-corrected chi connectivity index (χ2v) is 5.93. The van der Waals surface area contributed by atoms with Gasteiger partial charge in [0.25, 0.3) is 0 Å². The Morgan fingerprint density at radius 2 is 1.53 bits per heavy atom. The third kappa shape index (κ3) is 8.36. The van der Waals surface area contributed by atoms with Gasteiger partial charge >= 0.3 is 0 Å². The summed E-state index contributed by atoms with van der Waals surface area (Å²) >= 11 is 6.14. The van der Waals surface area contributed by atoms with Gasteiger partial charge in [-0.25, -0.2) is 0 Å². The van der Waals surface area contributed by atoms with Gasteiger partial charge in [-0.15, -0.1) is 0 Å². The van der Waals surface area contributed by atoms with Crippen LogP contribution in [0, 0.1) is 0 Å². The fourth-order valence-electron chi connectivity index (χ4n) is 2.52. The third-order valence-corrected chi connectivity index (χ3v) is 4.14. The number of nitrogens with zero attached hydrogens (tertiary/aromatic N) is 1. The molecule has 0 aromatic heterocycles. The van der Waals surface area contributed by atoms with Crippen molar-refractivity contribution in [1.29, 1.82) is 0 Å². The highest BCUT2D eigenvalue weighted by atomic mass is 35.5. The molecule has 0 atom stereocenters. The van der Waals surface area contributed by atoms with E-state index in [1.165, 1.54) is 64.2 Å². The van der Waals surface area contributed by atoms with Crippen LogP contribution < -0.4 is 0 Å². The van der Waals surface area contributed by atoms with Gasteiger partial charge in [0, 0.05) is 13.1 Å². The van der Waals surface area contributed by atoms with E-state index in [1.807, 2.05) is 12.2 Å². The first-order chi connectivity index (χ1) is 9.34. The molecular weight excluding hydrogens is 254 g/mol. The predicted molar refractivity (Wildman–Crippen MR) is 86.5 cm³/mol. The van der Waals surface area contributed by atoms with E-state index in [1.54, 1.807) is 0 Å². The second kappa shape index (κ2) is 11.4. The fraction of sp³-hybridized carbons (Fsp3) is 0.765. The van der Waals surface area contributed by atoms with Crippen molar-refractivity contribution in [2.75, 3.05) is 13.1 Å². The van der Waals surface area contributed by atoms with Crippen LogP contribution in [0.15, 0.2) is 23.4 Å². The van der Waals surface area contributed by atoms with Gasteiger partial charge in [-0.3, -0.25) is 0 Å². The van der Waals surface area contributed by atoms with Gasteiger partial charge in [0.2, 0.25) is 0 Å². The van der Waals surface area contributed by atoms with Crippen LogP contribution in [0.2, 0.25) is 0 Å². The highest BCUT2D eigenvalue weighted by molar-refractivity contribution is 6.29.